The number of nitrogens with two attached hydrogens (primary N) is 2. The van der Waals surface area contributed by atoms with E-state index in [1.54, 1.807) is 18.5 Å². The van der Waals surface area contributed by atoms with Crippen LogP contribution in [0.2, 0.25) is 0 Å². The summed E-state index contributed by atoms with van der Waals surface area (Å²) in [6, 6.07) is 9.59. The molecule has 0 amide bonds. The van der Waals surface area contributed by atoms with E-state index in [-0.39, 0.29) is 5.82 Å². The van der Waals surface area contributed by atoms with Crippen LogP contribution in [0.15, 0.2) is 42.7 Å². The largest absolute Gasteiger partial charge is 0.453 e. The van der Waals surface area contributed by atoms with Crippen LogP contribution in [0.25, 0.3) is 10.8 Å². The highest BCUT2D eigenvalue weighted by atomic mass is 31.1. The van der Waals surface area contributed by atoms with Gasteiger partial charge in [0.05, 0.1) is 6.20 Å². The molecular formula is C15H16N5OP. The molecular weight excluding hydrogens is 297 g/mol. The molecule has 1 unspecified atom stereocenters. The van der Waals surface area contributed by atoms with Gasteiger partial charge < -0.3 is 21.3 Å². The lowest BCUT2D eigenvalue weighted by atomic mass is 10.1. The van der Waals surface area contributed by atoms with Crippen LogP contribution < -0.4 is 21.3 Å². The number of aromatic nitrogens is 2. The topological polar surface area (TPSA) is 99.1 Å². The zero-order chi connectivity index (χ0) is 15.5. The molecule has 3 aromatic rings. The highest BCUT2D eigenvalue weighted by molar-refractivity contribution is 7.38. The first-order chi connectivity index (χ1) is 10.7. The van der Waals surface area contributed by atoms with Crippen molar-refractivity contribution >= 4 is 36.8 Å². The number of fused-ring (bicyclic) bond motifs is 1. The molecule has 22 heavy (non-hydrogen) atoms. The minimum Gasteiger partial charge on any atom is -0.453 e. The maximum atomic E-state index is 5.91. The fraction of sp³-hybridized carbons (Fsp3) is 0.0667. The Morgan fingerprint density at radius 1 is 1.05 bits per heavy atom. The number of anilines is 3. The Morgan fingerprint density at radius 3 is 2.59 bits per heavy atom. The van der Waals surface area contributed by atoms with Crippen LogP contribution in [0.5, 0.6) is 11.5 Å². The SMILES string of the molecule is CPNc1ncc(Oc2ccnc(N)c2N)c2ccccc12. The summed E-state index contributed by atoms with van der Waals surface area (Å²) in [7, 11) is 0.567. The van der Waals surface area contributed by atoms with Crippen molar-refractivity contribution in [3.05, 3.63) is 42.7 Å². The Morgan fingerprint density at radius 2 is 1.82 bits per heavy atom. The highest BCUT2D eigenvalue weighted by Crippen LogP contribution is 2.36. The summed E-state index contributed by atoms with van der Waals surface area (Å²) in [5.41, 5.74) is 11.9. The number of ether oxygens (including phenoxy) is 1. The molecule has 0 aliphatic heterocycles. The number of hydrogen-bond acceptors (Lipinski definition) is 6. The van der Waals surface area contributed by atoms with Gasteiger partial charge in [0.15, 0.2) is 11.5 Å². The molecule has 1 aromatic carbocycles. The normalized spacial score (nSPS) is 11.1. The van der Waals surface area contributed by atoms with Crippen LogP contribution in [0.1, 0.15) is 0 Å². The van der Waals surface area contributed by atoms with Gasteiger partial charge in [-0.05, 0) is 15.4 Å². The molecule has 0 saturated carbocycles. The van der Waals surface area contributed by atoms with Gasteiger partial charge in [-0.25, -0.2) is 9.97 Å². The molecule has 1 atom stereocenters. The molecule has 112 valence electrons. The predicted molar refractivity (Wildman–Crippen MR) is 92.7 cm³/mol. The van der Waals surface area contributed by atoms with Gasteiger partial charge in [-0.1, -0.05) is 24.3 Å². The van der Waals surface area contributed by atoms with E-state index in [4.69, 9.17) is 16.2 Å². The molecule has 2 aromatic heterocycles. The molecule has 2 heterocycles. The van der Waals surface area contributed by atoms with E-state index in [0.717, 1.165) is 16.6 Å². The lowest BCUT2D eigenvalue weighted by Crippen LogP contribution is -2.00. The second-order valence-electron chi connectivity index (χ2n) is 4.60. The van der Waals surface area contributed by atoms with Crippen LogP contribution in [0.4, 0.5) is 17.3 Å². The van der Waals surface area contributed by atoms with E-state index in [2.05, 4.69) is 21.7 Å². The Bertz CT molecular complexity index is 824. The summed E-state index contributed by atoms with van der Waals surface area (Å²) < 4.78 is 5.90. The monoisotopic (exact) mass is 313 g/mol. The number of rotatable bonds is 4. The average molecular weight is 313 g/mol. The standard InChI is InChI=1S/C15H16N5OP/c1-22-20-15-10-5-3-2-4-9(10)12(8-19-15)21-11-6-7-18-14(17)13(11)16/h2-8,22H,16H2,1H3,(H2,17,18)(H,19,20). The maximum Gasteiger partial charge on any atom is 0.155 e. The van der Waals surface area contributed by atoms with E-state index >= 15 is 0 Å². The minimum atomic E-state index is 0.250. The zero-order valence-corrected chi connectivity index (χ0v) is 13.0. The second-order valence-corrected chi connectivity index (χ2v) is 5.35. The molecule has 6 nitrogen and oxygen atoms in total. The van der Waals surface area contributed by atoms with E-state index in [0.29, 0.717) is 25.9 Å². The van der Waals surface area contributed by atoms with E-state index < -0.39 is 0 Å². The summed E-state index contributed by atoms with van der Waals surface area (Å²) >= 11 is 0. The number of benzene rings is 1. The van der Waals surface area contributed by atoms with Crippen LogP contribution in [0, 0.1) is 0 Å². The van der Waals surface area contributed by atoms with E-state index in [9.17, 15) is 0 Å². The fourth-order valence-corrected chi connectivity index (χ4v) is 2.58. The molecule has 5 N–H and O–H groups in total. The Labute approximate surface area is 129 Å². The third kappa shape index (κ3) is 2.61. The van der Waals surface area contributed by atoms with Gasteiger partial charge in [0.2, 0.25) is 0 Å². The van der Waals surface area contributed by atoms with Crippen LogP contribution in [-0.2, 0) is 0 Å². The highest BCUT2D eigenvalue weighted by Gasteiger charge is 2.11. The third-order valence-electron chi connectivity index (χ3n) is 3.20. The summed E-state index contributed by atoms with van der Waals surface area (Å²) in [6.07, 6.45) is 3.24. The summed E-state index contributed by atoms with van der Waals surface area (Å²) in [5.74, 6) is 2.18. The summed E-state index contributed by atoms with van der Waals surface area (Å²) in [5, 5.41) is 5.22. The first-order valence-corrected chi connectivity index (χ1v) is 8.19. The lowest BCUT2D eigenvalue weighted by molar-refractivity contribution is 0.488. The Balaban J connectivity index is 2.08. The number of nitrogen functional groups attached to an aromatic ring is 2. The predicted octanol–water partition coefficient (Wildman–Crippen LogP) is 3.22. The first kappa shape index (κ1) is 14.4. The molecule has 0 fully saturated rings. The van der Waals surface area contributed by atoms with Crippen molar-refractivity contribution in [1.29, 1.82) is 0 Å². The van der Waals surface area contributed by atoms with Gasteiger partial charge in [0.1, 0.15) is 17.3 Å². The van der Waals surface area contributed by atoms with Crippen molar-refractivity contribution in [1.82, 2.24) is 9.97 Å². The number of pyridine rings is 2. The minimum absolute atomic E-state index is 0.250. The zero-order valence-electron chi connectivity index (χ0n) is 12.0. The van der Waals surface area contributed by atoms with Crippen molar-refractivity contribution in [2.45, 2.75) is 0 Å². The summed E-state index contributed by atoms with van der Waals surface area (Å²) in [4.78, 5) is 8.36. The molecule has 0 aliphatic carbocycles. The van der Waals surface area contributed by atoms with Crippen LogP contribution in [-0.4, -0.2) is 16.6 Å². The average Bonchev–Trinajstić information content (AvgIpc) is 2.54. The van der Waals surface area contributed by atoms with E-state index in [1.807, 2.05) is 24.3 Å². The maximum absolute atomic E-state index is 5.91. The number of nitrogens with one attached hydrogen (secondary N) is 1. The Kier molecular flexibility index (Phi) is 3.94. The first-order valence-electron chi connectivity index (χ1n) is 6.69. The van der Waals surface area contributed by atoms with Crippen LogP contribution in [0.3, 0.4) is 0 Å². The molecule has 0 bridgehead atoms. The summed E-state index contributed by atoms with van der Waals surface area (Å²) in [6.45, 7) is 2.06. The van der Waals surface area contributed by atoms with Crippen molar-refractivity contribution in [3.8, 4) is 11.5 Å². The fourth-order valence-electron chi connectivity index (χ4n) is 2.14. The van der Waals surface area contributed by atoms with Gasteiger partial charge in [0, 0.05) is 23.0 Å². The van der Waals surface area contributed by atoms with Crippen molar-refractivity contribution in [2.75, 3.05) is 23.2 Å². The van der Waals surface area contributed by atoms with Crippen molar-refractivity contribution in [3.63, 3.8) is 0 Å². The molecule has 0 aliphatic rings. The molecule has 0 saturated heterocycles. The van der Waals surface area contributed by atoms with Crippen molar-refractivity contribution in [2.24, 2.45) is 0 Å². The van der Waals surface area contributed by atoms with Gasteiger partial charge in [-0.2, -0.15) is 0 Å². The molecule has 3 rings (SSSR count). The molecule has 0 radical (unpaired) electrons. The quantitative estimate of drug-likeness (QED) is 0.640. The second kappa shape index (κ2) is 6.03. The van der Waals surface area contributed by atoms with E-state index in [1.165, 1.54) is 0 Å². The molecule has 0 spiro atoms. The van der Waals surface area contributed by atoms with Crippen molar-refractivity contribution < 1.29 is 4.74 Å². The van der Waals surface area contributed by atoms with Gasteiger partial charge >= 0.3 is 0 Å². The lowest BCUT2D eigenvalue weighted by Gasteiger charge is -2.13. The van der Waals surface area contributed by atoms with Gasteiger partial charge in [0.25, 0.3) is 0 Å². The van der Waals surface area contributed by atoms with Gasteiger partial charge in [-0.15, -0.1) is 0 Å². The van der Waals surface area contributed by atoms with Crippen LogP contribution >= 0.6 is 8.73 Å². The number of hydrogen-bond donors (Lipinski definition) is 3. The third-order valence-corrected chi connectivity index (χ3v) is 3.69. The van der Waals surface area contributed by atoms with Gasteiger partial charge in [-0.3, -0.25) is 0 Å². The number of nitrogens with zero attached hydrogens (tertiary/aromatic N) is 2. The molecule has 7 heteroatoms. The smallest absolute Gasteiger partial charge is 0.155 e. The Hall–Kier alpha value is -2.59.